The Morgan fingerprint density at radius 2 is 2.12 bits per heavy atom. The minimum absolute atomic E-state index is 0.479. The largest absolute Gasteiger partial charge is 0.262 e. The Kier molecular flexibility index (Phi) is 3.30. The third-order valence-corrected chi connectivity index (χ3v) is 3.92. The molecule has 0 atom stereocenters. The van der Waals surface area contributed by atoms with Gasteiger partial charge in [-0.2, -0.15) is 5.10 Å². The molecule has 3 nitrogen and oxygen atoms in total. The van der Waals surface area contributed by atoms with E-state index in [1.165, 1.54) is 11.3 Å². The summed E-state index contributed by atoms with van der Waals surface area (Å²) < 4.78 is 2.00. The lowest BCUT2D eigenvalue weighted by Crippen LogP contribution is -2.03. The van der Waals surface area contributed by atoms with Crippen LogP contribution in [-0.4, -0.2) is 14.8 Å². The quantitative estimate of drug-likeness (QED) is 0.790. The average Bonchev–Trinajstić information content (AvgIpc) is 2.81. The van der Waals surface area contributed by atoms with E-state index in [1.807, 2.05) is 17.0 Å². The minimum atomic E-state index is 0.479. The minimum Gasteiger partial charge on any atom is -0.262 e. The van der Waals surface area contributed by atoms with Crippen molar-refractivity contribution in [2.75, 3.05) is 0 Å². The number of halogens is 1. The summed E-state index contributed by atoms with van der Waals surface area (Å²) in [5.74, 6) is 0.479. The van der Waals surface area contributed by atoms with E-state index in [1.54, 1.807) is 11.3 Å². The predicted octanol–water partition coefficient (Wildman–Crippen LogP) is 3.05. The molecular weight excluding hydrogens is 242 g/mol. The van der Waals surface area contributed by atoms with Gasteiger partial charge in [-0.05, 0) is 26.3 Å². The van der Waals surface area contributed by atoms with E-state index in [4.69, 9.17) is 11.6 Å². The van der Waals surface area contributed by atoms with Crippen molar-refractivity contribution in [3.05, 3.63) is 33.0 Å². The second-order valence-corrected chi connectivity index (χ2v) is 5.03. The van der Waals surface area contributed by atoms with Crippen LogP contribution in [0.2, 0.25) is 0 Å². The first kappa shape index (κ1) is 11.6. The number of alkyl halides is 1. The number of rotatable bonds is 3. The topological polar surface area (TPSA) is 30.7 Å². The van der Waals surface area contributed by atoms with E-state index in [0.29, 0.717) is 5.88 Å². The SMILES string of the molecule is Cc1nn(Cc2nc(CCl)cs2)c(C)c1C. The van der Waals surface area contributed by atoms with Gasteiger partial charge in [0.1, 0.15) is 5.01 Å². The molecule has 0 saturated heterocycles. The maximum Gasteiger partial charge on any atom is 0.114 e. The summed E-state index contributed by atoms with van der Waals surface area (Å²) in [4.78, 5) is 4.43. The van der Waals surface area contributed by atoms with E-state index >= 15 is 0 Å². The van der Waals surface area contributed by atoms with E-state index in [2.05, 4.69) is 23.9 Å². The maximum atomic E-state index is 5.73. The lowest BCUT2D eigenvalue weighted by molar-refractivity contribution is 0.654. The van der Waals surface area contributed by atoms with Crippen LogP contribution in [0.4, 0.5) is 0 Å². The summed E-state index contributed by atoms with van der Waals surface area (Å²) in [6, 6.07) is 0. The molecule has 0 aliphatic rings. The van der Waals surface area contributed by atoms with E-state index < -0.39 is 0 Å². The van der Waals surface area contributed by atoms with Crippen molar-refractivity contribution in [1.29, 1.82) is 0 Å². The van der Waals surface area contributed by atoms with Gasteiger partial charge in [0.05, 0.1) is 23.8 Å². The van der Waals surface area contributed by atoms with Crippen LogP contribution in [0.25, 0.3) is 0 Å². The van der Waals surface area contributed by atoms with Crippen molar-refractivity contribution in [3.8, 4) is 0 Å². The average molecular weight is 256 g/mol. The van der Waals surface area contributed by atoms with Crippen LogP contribution in [0.3, 0.4) is 0 Å². The van der Waals surface area contributed by atoms with Crippen LogP contribution >= 0.6 is 22.9 Å². The second kappa shape index (κ2) is 4.55. The summed E-state index contributed by atoms with van der Waals surface area (Å²) in [5, 5.41) is 7.55. The van der Waals surface area contributed by atoms with Crippen molar-refractivity contribution in [2.45, 2.75) is 33.2 Å². The highest BCUT2D eigenvalue weighted by Gasteiger charge is 2.09. The number of hydrogen-bond donors (Lipinski definition) is 0. The van der Waals surface area contributed by atoms with Crippen LogP contribution in [0, 0.1) is 20.8 Å². The first-order valence-electron chi connectivity index (χ1n) is 5.11. The Morgan fingerprint density at radius 1 is 1.38 bits per heavy atom. The lowest BCUT2D eigenvalue weighted by atomic mass is 10.2. The van der Waals surface area contributed by atoms with Crippen molar-refractivity contribution in [1.82, 2.24) is 14.8 Å². The molecule has 0 aliphatic heterocycles. The molecule has 0 fully saturated rings. The Balaban J connectivity index is 2.23. The molecule has 0 amide bonds. The molecule has 0 aliphatic carbocycles. The molecule has 0 radical (unpaired) electrons. The zero-order chi connectivity index (χ0) is 11.7. The summed E-state index contributed by atoms with van der Waals surface area (Å²) in [6.45, 7) is 6.96. The van der Waals surface area contributed by atoms with Gasteiger partial charge in [0.15, 0.2) is 0 Å². The first-order chi connectivity index (χ1) is 7.61. The van der Waals surface area contributed by atoms with Gasteiger partial charge in [-0.25, -0.2) is 4.98 Å². The number of hydrogen-bond acceptors (Lipinski definition) is 3. The van der Waals surface area contributed by atoms with Gasteiger partial charge >= 0.3 is 0 Å². The van der Waals surface area contributed by atoms with Crippen molar-refractivity contribution in [2.24, 2.45) is 0 Å². The Labute approximate surface area is 104 Å². The third-order valence-electron chi connectivity index (χ3n) is 2.76. The summed E-state index contributed by atoms with van der Waals surface area (Å²) >= 11 is 7.36. The van der Waals surface area contributed by atoms with E-state index in [9.17, 15) is 0 Å². The predicted molar refractivity (Wildman–Crippen MR) is 67.2 cm³/mol. The fourth-order valence-corrected chi connectivity index (χ4v) is 2.55. The van der Waals surface area contributed by atoms with Gasteiger partial charge in [0.2, 0.25) is 0 Å². The maximum absolute atomic E-state index is 5.73. The normalized spacial score (nSPS) is 11.0. The molecule has 16 heavy (non-hydrogen) atoms. The monoisotopic (exact) mass is 255 g/mol. The zero-order valence-corrected chi connectivity index (χ0v) is 11.2. The van der Waals surface area contributed by atoms with Crippen molar-refractivity contribution in [3.63, 3.8) is 0 Å². The van der Waals surface area contributed by atoms with Crippen molar-refractivity contribution >= 4 is 22.9 Å². The van der Waals surface area contributed by atoms with Crippen LogP contribution in [0.5, 0.6) is 0 Å². The first-order valence-corrected chi connectivity index (χ1v) is 6.53. The van der Waals surface area contributed by atoms with Crippen LogP contribution in [0.15, 0.2) is 5.38 Å². The fraction of sp³-hybridized carbons (Fsp3) is 0.455. The molecular formula is C11H14ClN3S. The molecule has 0 unspecified atom stereocenters. The number of aromatic nitrogens is 3. The summed E-state index contributed by atoms with van der Waals surface area (Å²) in [7, 11) is 0. The van der Waals surface area contributed by atoms with Gasteiger partial charge in [0.25, 0.3) is 0 Å². The zero-order valence-electron chi connectivity index (χ0n) is 9.62. The Hall–Kier alpha value is -0.870. The molecule has 2 rings (SSSR count). The number of nitrogens with zero attached hydrogens (tertiary/aromatic N) is 3. The molecule has 0 N–H and O–H groups in total. The second-order valence-electron chi connectivity index (χ2n) is 3.82. The number of aryl methyl sites for hydroxylation is 1. The summed E-state index contributed by atoms with van der Waals surface area (Å²) in [5.41, 5.74) is 4.50. The highest BCUT2D eigenvalue weighted by atomic mass is 35.5. The third kappa shape index (κ3) is 2.13. The standard InChI is InChI=1S/C11H14ClN3S/c1-7-8(2)14-15(9(7)3)5-11-13-10(4-12)6-16-11/h6H,4-5H2,1-3H3. The van der Waals surface area contributed by atoms with Gasteiger partial charge < -0.3 is 0 Å². The molecule has 5 heteroatoms. The Bertz CT molecular complexity index is 501. The van der Waals surface area contributed by atoms with Gasteiger partial charge in [-0.3, -0.25) is 4.68 Å². The molecule has 2 aromatic rings. The highest BCUT2D eigenvalue weighted by Crippen LogP contribution is 2.16. The summed E-state index contributed by atoms with van der Waals surface area (Å²) in [6.07, 6.45) is 0. The van der Waals surface area contributed by atoms with Gasteiger partial charge in [-0.1, -0.05) is 0 Å². The highest BCUT2D eigenvalue weighted by molar-refractivity contribution is 7.09. The molecule has 2 heterocycles. The lowest BCUT2D eigenvalue weighted by Gasteiger charge is -2.01. The molecule has 0 aromatic carbocycles. The Morgan fingerprint density at radius 3 is 2.62 bits per heavy atom. The molecule has 0 spiro atoms. The van der Waals surface area contributed by atoms with E-state index in [0.717, 1.165) is 22.9 Å². The van der Waals surface area contributed by atoms with Gasteiger partial charge in [0, 0.05) is 11.1 Å². The van der Waals surface area contributed by atoms with Gasteiger partial charge in [-0.15, -0.1) is 22.9 Å². The fourth-order valence-electron chi connectivity index (χ4n) is 1.55. The van der Waals surface area contributed by atoms with Crippen molar-refractivity contribution < 1.29 is 0 Å². The smallest absolute Gasteiger partial charge is 0.114 e. The van der Waals surface area contributed by atoms with Crippen LogP contribution < -0.4 is 0 Å². The van der Waals surface area contributed by atoms with E-state index in [-0.39, 0.29) is 0 Å². The van der Waals surface area contributed by atoms with Crippen LogP contribution in [-0.2, 0) is 12.4 Å². The molecule has 0 saturated carbocycles. The molecule has 86 valence electrons. The number of thiazole rings is 1. The molecule has 0 bridgehead atoms. The van der Waals surface area contributed by atoms with Crippen LogP contribution in [0.1, 0.15) is 27.7 Å². The molecule has 2 aromatic heterocycles.